The van der Waals surface area contributed by atoms with Crippen LogP contribution in [-0.2, 0) is 4.79 Å². The van der Waals surface area contributed by atoms with E-state index in [2.05, 4.69) is 5.32 Å². The third kappa shape index (κ3) is 4.52. The molecule has 6 heteroatoms. The van der Waals surface area contributed by atoms with E-state index in [9.17, 15) is 14.0 Å². The zero-order chi connectivity index (χ0) is 14.6. The predicted octanol–water partition coefficient (Wildman–Crippen LogP) is 2.71. The summed E-state index contributed by atoms with van der Waals surface area (Å²) >= 11 is 5.60. The number of carboxylic acid groups (broad SMARTS) is 1. The van der Waals surface area contributed by atoms with Crippen molar-refractivity contribution in [3.8, 4) is 0 Å². The van der Waals surface area contributed by atoms with Crippen molar-refractivity contribution in [1.82, 2.24) is 5.32 Å². The van der Waals surface area contributed by atoms with Crippen LogP contribution < -0.4 is 5.32 Å². The Labute approximate surface area is 115 Å². The number of aliphatic carboxylic acids is 1. The lowest BCUT2D eigenvalue weighted by Crippen LogP contribution is -2.40. The van der Waals surface area contributed by atoms with E-state index in [1.165, 1.54) is 12.1 Å². The van der Waals surface area contributed by atoms with Gasteiger partial charge in [0.2, 0.25) is 0 Å². The maximum atomic E-state index is 13.6. The molecule has 0 heterocycles. The molecule has 0 saturated heterocycles. The van der Waals surface area contributed by atoms with Crippen molar-refractivity contribution >= 4 is 23.5 Å². The third-order valence-corrected chi connectivity index (χ3v) is 2.93. The minimum atomic E-state index is -1.02. The van der Waals surface area contributed by atoms with Gasteiger partial charge in [-0.05, 0) is 24.1 Å². The number of rotatable bonds is 5. The summed E-state index contributed by atoms with van der Waals surface area (Å²) in [6.45, 7) is 3.57. The van der Waals surface area contributed by atoms with Crippen LogP contribution in [0.5, 0.6) is 0 Å². The molecule has 1 amide bonds. The maximum absolute atomic E-state index is 13.6. The molecule has 1 aromatic rings. The predicted molar refractivity (Wildman–Crippen MR) is 69.8 cm³/mol. The van der Waals surface area contributed by atoms with Crippen LogP contribution >= 0.6 is 11.6 Å². The Bertz CT molecular complexity index is 491. The molecular weight excluding hydrogens is 273 g/mol. The lowest BCUT2D eigenvalue weighted by molar-refractivity contribution is -0.137. The van der Waals surface area contributed by atoms with Crippen molar-refractivity contribution in [3.63, 3.8) is 0 Å². The Morgan fingerprint density at radius 1 is 1.42 bits per heavy atom. The molecule has 0 aromatic heterocycles. The van der Waals surface area contributed by atoms with E-state index in [-0.39, 0.29) is 22.9 Å². The zero-order valence-corrected chi connectivity index (χ0v) is 11.4. The summed E-state index contributed by atoms with van der Waals surface area (Å²) in [6, 6.07) is 3.16. The number of amides is 1. The van der Waals surface area contributed by atoms with Gasteiger partial charge < -0.3 is 10.4 Å². The highest BCUT2D eigenvalue weighted by Crippen LogP contribution is 2.15. The first-order valence-electron chi connectivity index (χ1n) is 5.79. The van der Waals surface area contributed by atoms with Gasteiger partial charge in [-0.1, -0.05) is 25.4 Å². The fourth-order valence-corrected chi connectivity index (χ4v) is 1.72. The second-order valence-electron chi connectivity index (χ2n) is 4.55. The molecule has 4 nitrogen and oxygen atoms in total. The Kier molecular flexibility index (Phi) is 5.30. The number of nitrogens with one attached hydrogen (secondary N) is 1. The molecule has 0 radical (unpaired) electrons. The number of carbonyl (C=O) groups excluding carboxylic acids is 1. The molecule has 0 aliphatic carbocycles. The van der Waals surface area contributed by atoms with E-state index in [1.54, 1.807) is 13.8 Å². The highest BCUT2D eigenvalue weighted by molar-refractivity contribution is 6.30. The minimum Gasteiger partial charge on any atom is -0.481 e. The Morgan fingerprint density at radius 3 is 2.53 bits per heavy atom. The number of hydrogen-bond donors (Lipinski definition) is 2. The van der Waals surface area contributed by atoms with Gasteiger partial charge in [0.1, 0.15) is 5.82 Å². The fourth-order valence-electron chi connectivity index (χ4n) is 1.56. The van der Waals surface area contributed by atoms with E-state index in [0.717, 1.165) is 6.07 Å². The van der Waals surface area contributed by atoms with Crippen molar-refractivity contribution in [2.45, 2.75) is 26.3 Å². The number of carbonyl (C=O) groups is 2. The number of carboxylic acids is 1. The lowest BCUT2D eigenvalue weighted by atomic mass is 10.0. The Hall–Kier alpha value is -1.62. The van der Waals surface area contributed by atoms with Crippen LogP contribution in [0.15, 0.2) is 18.2 Å². The van der Waals surface area contributed by atoms with E-state index in [0.29, 0.717) is 0 Å². The third-order valence-electron chi connectivity index (χ3n) is 2.69. The topological polar surface area (TPSA) is 66.4 Å². The van der Waals surface area contributed by atoms with Gasteiger partial charge in [0, 0.05) is 11.1 Å². The van der Waals surface area contributed by atoms with Crippen LogP contribution in [0, 0.1) is 11.7 Å². The molecule has 0 fully saturated rings. The first-order chi connectivity index (χ1) is 8.81. The van der Waals surface area contributed by atoms with Crippen LogP contribution in [0.25, 0.3) is 0 Å². The number of hydrogen-bond acceptors (Lipinski definition) is 2. The van der Waals surface area contributed by atoms with Gasteiger partial charge in [-0.2, -0.15) is 0 Å². The first kappa shape index (κ1) is 15.4. The van der Waals surface area contributed by atoms with Gasteiger partial charge in [0.05, 0.1) is 12.0 Å². The zero-order valence-electron chi connectivity index (χ0n) is 10.6. The first-order valence-corrected chi connectivity index (χ1v) is 6.16. The van der Waals surface area contributed by atoms with Crippen LogP contribution in [0.2, 0.25) is 5.02 Å². The number of halogens is 2. The lowest BCUT2D eigenvalue weighted by Gasteiger charge is -2.20. The average molecular weight is 288 g/mol. The van der Waals surface area contributed by atoms with Gasteiger partial charge >= 0.3 is 5.97 Å². The van der Waals surface area contributed by atoms with E-state index >= 15 is 0 Å². The SMILES string of the molecule is CC(C)C(CC(=O)O)NC(=O)c1ccc(Cl)cc1F. The van der Waals surface area contributed by atoms with E-state index in [1.807, 2.05) is 0 Å². The van der Waals surface area contributed by atoms with Crippen molar-refractivity contribution in [3.05, 3.63) is 34.6 Å². The summed E-state index contributed by atoms with van der Waals surface area (Å²) in [5.41, 5.74) is -0.152. The van der Waals surface area contributed by atoms with Gasteiger partial charge in [0.15, 0.2) is 0 Å². The molecule has 0 saturated carbocycles. The normalized spacial score (nSPS) is 12.3. The van der Waals surface area contributed by atoms with Crippen LogP contribution in [-0.4, -0.2) is 23.0 Å². The Morgan fingerprint density at radius 2 is 2.05 bits per heavy atom. The molecule has 0 aliphatic heterocycles. The second-order valence-corrected chi connectivity index (χ2v) is 4.98. The average Bonchev–Trinajstić information content (AvgIpc) is 2.26. The van der Waals surface area contributed by atoms with Crippen molar-refractivity contribution < 1.29 is 19.1 Å². The fraction of sp³-hybridized carbons (Fsp3) is 0.385. The molecule has 1 rings (SSSR count). The smallest absolute Gasteiger partial charge is 0.305 e. The van der Waals surface area contributed by atoms with Crippen molar-refractivity contribution in [1.29, 1.82) is 0 Å². The number of benzene rings is 1. The molecule has 1 unspecified atom stereocenters. The Balaban J connectivity index is 2.84. The van der Waals surface area contributed by atoms with Gasteiger partial charge in [0.25, 0.3) is 5.91 Å². The molecule has 0 spiro atoms. The van der Waals surface area contributed by atoms with Crippen LogP contribution in [0.1, 0.15) is 30.6 Å². The maximum Gasteiger partial charge on any atom is 0.305 e. The summed E-state index contributed by atoms with van der Waals surface area (Å²) in [4.78, 5) is 22.6. The second kappa shape index (κ2) is 6.52. The van der Waals surface area contributed by atoms with Gasteiger partial charge in [-0.3, -0.25) is 9.59 Å². The quantitative estimate of drug-likeness (QED) is 0.875. The summed E-state index contributed by atoms with van der Waals surface area (Å²) < 4.78 is 13.6. The van der Waals surface area contributed by atoms with Crippen LogP contribution in [0.3, 0.4) is 0 Å². The summed E-state index contributed by atoms with van der Waals surface area (Å²) in [5.74, 6) is -2.47. The summed E-state index contributed by atoms with van der Waals surface area (Å²) in [6.07, 6.45) is -0.210. The molecular formula is C13H15ClFNO3. The molecule has 0 bridgehead atoms. The molecule has 104 valence electrons. The van der Waals surface area contributed by atoms with Crippen LogP contribution in [0.4, 0.5) is 4.39 Å². The molecule has 1 atom stereocenters. The highest BCUT2D eigenvalue weighted by Gasteiger charge is 2.21. The van der Waals surface area contributed by atoms with Gasteiger partial charge in [-0.25, -0.2) is 4.39 Å². The van der Waals surface area contributed by atoms with Crippen molar-refractivity contribution in [2.75, 3.05) is 0 Å². The summed E-state index contributed by atoms with van der Waals surface area (Å²) in [7, 11) is 0. The highest BCUT2D eigenvalue weighted by atomic mass is 35.5. The monoisotopic (exact) mass is 287 g/mol. The summed E-state index contributed by atoms with van der Waals surface area (Å²) in [5, 5.41) is 11.5. The van der Waals surface area contributed by atoms with E-state index in [4.69, 9.17) is 16.7 Å². The van der Waals surface area contributed by atoms with E-state index < -0.39 is 23.7 Å². The molecule has 2 N–H and O–H groups in total. The minimum absolute atomic E-state index is 0.0737. The van der Waals surface area contributed by atoms with Crippen molar-refractivity contribution in [2.24, 2.45) is 5.92 Å². The standard InChI is InChI=1S/C13H15ClFNO3/c1-7(2)11(6-12(17)18)16-13(19)9-4-3-8(14)5-10(9)15/h3-5,7,11H,6H2,1-2H3,(H,16,19)(H,17,18). The molecule has 19 heavy (non-hydrogen) atoms. The molecule has 1 aromatic carbocycles. The molecule has 0 aliphatic rings. The largest absolute Gasteiger partial charge is 0.481 e. The van der Waals surface area contributed by atoms with Gasteiger partial charge in [-0.15, -0.1) is 0 Å².